The maximum atomic E-state index is 10.9. The smallest absolute Gasteiger partial charge is 0.221 e. The molecule has 5 nitrogen and oxygen atoms in total. The molecule has 1 unspecified atom stereocenters. The van der Waals surface area contributed by atoms with Crippen molar-refractivity contribution in [3.63, 3.8) is 0 Å². The van der Waals surface area contributed by atoms with Gasteiger partial charge < -0.3 is 19.5 Å². The second-order valence-corrected chi connectivity index (χ2v) is 4.72. The van der Waals surface area contributed by atoms with Crippen molar-refractivity contribution in [2.75, 3.05) is 25.1 Å². The Morgan fingerprint density at radius 2 is 2.10 bits per heavy atom. The van der Waals surface area contributed by atoms with Crippen molar-refractivity contribution >= 4 is 11.6 Å². The average Bonchev–Trinajstić information content (AvgIpc) is 2.46. The van der Waals surface area contributed by atoms with Crippen LogP contribution < -0.4 is 10.1 Å². The monoisotopic (exact) mass is 279 g/mol. The minimum Gasteiger partial charge on any atom is -0.491 e. The molecule has 0 aliphatic carbocycles. The Kier molecular flexibility index (Phi) is 5.83. The van der Waals surface area contributed by atoms with Gasteiger partial charge in [0.25, 0.3) is 0 Å². The highest BCUT2D eigenvalue weighted by atomic mass is 16.7. The van der Waals surface area contributed by atoms with Crippen molar-refractivity contribution in [3.8, 4) is 5.75 Å². The quantitative estimate of drug-likeness (QED) is 0.813. The summed E-state index contributed by atoms with van der Waals surface area (Å²) in [5, 5.41) is 2.71. The summed E-state index contributed by atoms with van der Waals surface area (Å²) in [6.45, 7) is 3.27. The van der Waals surface area contributed by atoms with Gasteiger partial charge in [0.1, 0.15) is 12.4 Å². The summed E-state index contributed by atoms with van der Waals surface area (Å²) in [6, 6.07) is 7.26. The summed E-state index contributed by atoms with van der Waals surface area (Å²) in [6.07, 6.45) is 3.17. The molecule has 0 saturated carbocycles. The fourth-order valence-corrected chi connectivity index (χ4v) is 2.02. The second kappa shape index (κ2) is 7.87. The molecule has 0 radical (unpaired) electrons. The molecular formula is C15H21NO4. The molecule has 1 aromatic rings. The number of nitrogens with one attached hydrogen (secondary N) is 1. The molecule has 0 spiro atoms. The summed E-state index contributed by atoms with van der Waals surface area (Å²) in [4.78, 5) is 10.9. The zero-order valence-corrected chi connectivity index (χ0v) is 11.8. The van der Waals surface area contributed by atoms with Crippen molar-refractivity contribution in [3.05, 3.63) is 24.3 Å². The Bertz CT molecular complexity index is 412. The molecule has 110 valence electrons. The van der Waals surface area contributed by atoms with E-state index in [0.717, 1.165) is 37.3 Å². The molecule has 1 amide bonds. The molecule has 1 aliphatic heterocycles. The van der Waals surface area contributed by atoms with Crippen molar-refractivity contribution < 1.29 is 19.0 Å². The van der Waals surface area contributed by atoms with Crippen LogP contribution in [0.5, 0.6) is 5.75 Å². The lowest BCUT2D eigenvalue weighted by atomic mass is 10.2. The lowest BCUT2D eigenvalue weighted by Gasteiger charge is -2.22. The highest BCUT2D eigenvalue weighted by Crippen LogP contribution is 2.16. The predicted molar refractivity (Wildman–Crippen MR) is 75.8 cm³/mol. The number of carbonyl (C=O) groups is 1. The highest BCUT2D eigenvalue weighted by Gasteiger charge is 2.13. The van der Waals surface area contributed by atoms with E-state index in [1.165, 1.54) is 6.92 Å². The molecule has 1 heterocycles. The van der Waals surface area contributed by atoms with Gasteiger partial charge in [-0.05, 0) is 43.5 Å². The number of ether oxygens (including phenoxy) is 3. The molecule has 0 bridgehead atoms. The van der Waals surface area contributed by atoms with Crippen LogP contribution in [-0.2, 0) is 14.3 Å². The van der Waals surface area contributed by atoms with Gasteiger partial charge in [-0.15, -0.1) is 0 Å². The van der Waals surface area contributed by atoms with Crippen LogP contribution in [0.1, 0.15) is 26.2 Å². The normalized spacial score (nSPS) is 18.6. The molecule has 1 saturated heterocycles. The molecular weight excluding hydrogens is 258 g/mol. The molecule has 1 fully saturated rings. The van der Waals surface area contributed by atoms with Gasteiger partial charge in [0, 0.05) is 19.2 Å². The molecule has 5 heteroatoms. The minimum atomic E-state index is -0.0837. The molecule has 0 aromatic heterocycles. The third-order valence-electron chi connectivity index (χ3n) is 2.97. The van der Waals surface area contributed by atoms with Gasteiger partial charge in [0.2, 0.25) is 5.91 Å². The van der Waals surface area contributed by atoms with Crippen LogP contribution in [0, 0.1) is 0 Å². The zero-order valence-electron chi connectivity index (χ0n) is 11.8. The van der Waals surface area contributed by atoms with E-state index in [1.54, 1.807) is 0 Å². The first kappa shape index (κ1) is 14.8. The van der Waals surface area contributed by atoms with E-state index in [4.69, 9.17) is 14.2 Å². The van der Waals surface area contributed by atoms with Crippen LogP contribution in [0.4, 0.5) is 5.69 Å². The van der Waals surface area contributed by atoms with Crippen LogP contribution in [0.2, 0.25) is 0 Å². The number of amides is 1. The van der Waals surface area contributed by atoms with Crippen molar-refractivity contribution in [1.29, 1.82) is 0 Å². The summed E-state index contributed by atoms with van der Waals surface area (Å²) < 4.78 is 16.6. The predicted octanol–water partition coefficient (Wildman–Crippen LogP) is 2.57. The van der Waals surface area contributed by atoms with Crippen molar-refractivity contribution in [2.24, 2.45) is 0 Å². The third-order valence-corrected chi connectivity index (χ3v) is 2.97. The maximum Gasteiger partial charge on any atom is 0.221 e. The van der Waals surface area contributed by atoms with Gasteiger partial charge in [0.15, 0.2) is 6.29 Å². The fraction of sp³-hybridized carbons (Fsp3) is 0.533. The van der Waals surface area contributed by atoms with Crippen LogP contribution in [0.15, 0.2) is 24.3 Å². The van der Waals surface area contributed by atoms with E-state index in [9.17, 15) is 4.79 Å². The van der Waals surface area contributed by atoms with E-state index in [0.29, 0.717) is 13.2 Å². The summed E-state index contributed by atoms with van der Waals surface area (Å²) in [5.41, 5.74) is 0.761. The number of anilines is 1. The van der Waals surface area contributed by atoms with Crippen molar-refractivity contribution in [1.82, 2.24) is 0 Å². The number of hydrogen-bond acceptors (Lipinski definition) is 4. The van der Waals surface area contributed by atoms with Gasteiger partial charge in [-0.1, -0.05) is 0 Å². The Labute approximate surface area is 119 Å². The first-order chi connectivity index (χ1) is 9.74. The Morgan fingerprint density at radius 1 is 1.30 bits per heavy atom. The largest absolute Gasteiger partial charge is 0.491 e. The summed E-state index contributed by atoms with van der Waals surface area (Å²) in [5.74, 6) is 0.673. The van der Waals surface area contributed by atoms with Gasteiger partial charge >= 0.3 is 0 Å². The molecule has 1 aromatic carbocycles. The summed E-state index contributed by atoms with van der Waals surface area (Å²) >= 11 is 0. The van der Waals surface area contributed by atoms with Gasteiger partial charge in [-0.3, -0.25) is 4.79 Å². The average molecular weight is 279 g/mol. The lowest BCUT2D eigenvalue weighted by molar-refractivity contribution is -0.165. The van der Waals surface area contributed by atoms with E-state index in [1.807, 2.05) is 24.3 Å². The fourth-order valence-electron chi connectivity index (χ4n) is 2.02. The summed E-state index contributed by atoms with van der Waals surface area (Å²) in [7, 11) is 0. The van der Waals surface area contributed by atoms with E-state index in [-0.39, 0.29) is 12.2 Å². The zero-order chi connectivity index (χ0) is 14.2. The van der Waals surface area contributed by atoms with Gasteiger partial charge in [-0.2, -0.15) is 0 Å². The van der Waals surface area contributed by atoms with Crippen molar-refractivity contribution in [2.45, 2.75) is 32.5 Å². The Hall–Kier alpha value is -1.59. The maximum absolute atomic E-state index is 10.9. The third kappa shape index (κ3) is 5.19. The van der Waals surface area contributed by atoms with E-state index < -0.39 is 0 Å². The number of hydrogen-bond donors (Lipinski definition) is 1. The SMILES string of the molecule is CC(=O)Nc1ccc(OCCOC2CCCCO2)cc1. The van der Waals surface area contributed by atoms with E-state index >= 15 is 0 Å². The van der Waals surface area contributed by atoms with Crippen LogP contribution in [0.3, 0.4) is 0 Å². The molecule has 1 aliphatic rings. The minimum absolute atomic E-state index is 0.0745. The van der Waals surface area contributed by atoms with Gasteiger partial charge in [0.05, 0.1) is 6.61 Å². The first-order valence-electron chi connectivity index (χ1n) is 6.98. The molecule has 1 N–H and O–H groups in total. The Balaban J connectivity index is 1.64. The standard InChI is InChI=1S/C15H21NO4/c1-12(17)16-13-5-7-14(8-6-13)18-10-11-20-15-4-2-3-9-19-15/h5-8,15H,2-4,9-11H2,1H3,(H,16,17). The number of rotatable bonds is 6. The van der Waals surface area contributed by atoms with Crippen LogP contribution >= 0.6 is 0 Å². The van der Waals surface area contributed by atoms with Gasteiger partial charge in [-0.25, -0.2) is 0 Å². The topological polar surface area (TPSA) is 56.8 Å². The lowest BCUT2D eigenvalue weighted by Crippen LogP contribution is -2.24. The van der Waals surface area contributed by atoms with E-state index in [2.05, 4.69) is 5.32 Å². The first-order valence-corrected chi connectivity index (χ1v) is 6.98. The molecule has 20 heavy (non-hydrogen) atoms. The molecule has 1 atom stereocenters. The number of benzene rings is 1. The Morgan fingerprint density at radius 3 is 2.75 bits per heavy atom. The van der Waals surface area contributed by atoms with Crippen LogP contribution in [-0.4, -0.2) is 32.0 Å². The van der Waals surface area contributed by atoms with Crippen LogP contribution in [0.25, 0.3) is 0 Å². The molecule has 2 rings (SSSR count). The highest BCUT2D eigenvalue weighted by molar-refractivity contribution is 5.88. The number of carbonyl (C=O) groups excluding carboxylic acids is 1. The second-order valence-electron chi connectivity index (χ2n) is 4.72.